The van der Waals surface area contributed by atoms with E-state index in [0.29, 0.717) is 0 Å². The highest BCUT2D eigenvalue weighted by molar-refractivity contribution is 7.08. The van der Waals surface area contributed by atoms with Crippen molar-refractivity contribution in [3.63, 3.8) is 0 Å². The average Bonchev–Trinajstić information content (AvgIpc) is 3.31. The number of thiophene rings is 1. The van der Waals surface area contributed by atoms with Crippen molar-refractivity contribution in [2.75, 3.05) is 31.6 Å². The van der Waals surface area contributed by atoms with Crippen LogP contribution in [0.4, 0.5) is 5.82 Å². The van der Waals surface area contributed by atoms with Crippen molar-refractivity contribution in [3.05, 3.63) is 46.8 Å². The van der Waals surface area contributed by atoms with Crippen molar-refractivity contribution in [2.45, 2.75) is 25.4 Å². The highest BCUT2D eigenvalue weighted by Crippen LogP contribution is 2.43. The Morgan fingerprint density at radius 1 is 1.44 bits per heavy atom. The summed E-state index contributed by atoms with van der Waals surface area (Å²) in [6, 6.07) is 7.80. The standard InChI is InChI=1S/C19H23N3O2S/c23-18(15-5-12-25-13-15)22-10-4-16-19(14-22,7-11-24-16)6-9-21-17-3-1-2-8-20-17/h1-3,5,8,12-13,16H,4,6-7,9-11,14H2,(H,20,21)/t16-,19+/m1/s1. The van der Waals surface area contributed by atoms with Gasteiger partial charge in [-0.1, -0.05) is 6.07 Å². The lowest BCUT2D eigenvalue weighted by Crippen LogP contribution is -2.52. The number of nitrogens with zero attached hydrogens (tertiary/aromatic N) is 2. The number of carbonyl (C=O) groups excluding carboxylic acids is 1. The number of aromatic nitrogens is 1. The maximum absolute atomic E-state index is 12.8. The van der Waals surface area contributed by atoms with Crippen LogP contribution in [-0.2, 0) is 4.74 Å². The Kier molecular flexibility index (Phi) is 4.72. The molecule has 2 atom stereocenters. The van der Waals surface area contributed by atoms with Crippen LogP contribution in [-0.4, -0.2) is 48.1 Å². The quantitative estimate of drug-likeness (QED) is 0.892. The van der Waals surface area contributed by atoms with Gasteiger partial charge in [0.15, 0.2) is 0 Å². The Bertz CT molecular complexity index is 707. The third kappa shape index (κ3) is 3.41. The number of nitrogens with one attached hydrogen (secondary N) is 1. The van der Waals surface area contributed by atoms with Crippen LogP contribution in [0.15, 0.2) is 41.2 Å². The van der Waals surface area contributed by atoms with E-state index in [9.17, 15) is 4.79 Å². The Labute approximate surface area is 152 Å². The van der Waals surface area contributed by atoms with Crippen molar-refractivity contribution in [2.24, 2.45) is 5.41 Å². The van der Waals surface area contributed by atoms with Gasteiger partial charge in [0, 0.05) is 43.2 Å². The number of pyridine rings is 1. The molecule has 2 aliphatic heterocycles. The van der Waals surface area contributed by atoms with E-state index in [-0.39, 0.29) is 17.4 Å². The van der Waals surface area contributed by atoms with Gasteiger partial charge in [0.1, 0.15) is 5.82 Å². The van der Waals surface area contributed by atoms with Gasteiger partial charge < -0.3 is 15.0 Å². The van der Waals surface area contributed by atoms with Gasteiger partial charge in [-0.25, -0.2) is 4.98 Å². The zero-order valence-corrected chi connectivity index (χ0v) is 15.0. The summed E-state index contributed by atoms with van der Waals surface area (Å²) in [5.41, 5.74) is 0.871. The van der Waals surface area contributed by atoms with E-state index < -0.39 is 0 Å². The first-order chi connectivity index (χ1) is 12.3. The topological polar surface area (TPSA) is 54.5 Å². The van der Waals surface area contributed by atoms with Gasteiger partial charge >= 0.3 is 0 Å². The van der Waals surface area contributed by atoms with Crippen LogP contribution in [0.1, 0.15) is 29.6 Å². The number of carbonyl (C=O) groups is 1. The fourth-order valence-corrected chi connectivity index (χ4v) is 4.69. The number of rotatable bonds is 5. The van der Waals surface area contributed by atoms with Crippen molar-refractivity contribution in [3.8, 4) is 0 Å². The van der Waals surface area contributed by atoms with Gasteiger partial charge in [-0.2, -0.15) is 11.3 Å². The molecule has 0 radical (unpaired) electrons. The number of amides is 1. The molecule has 0 saturated carbocycles. The summed E-state index contributed by atoms with van der Waals surface area (Å²) in [7, 11) is 0. The van der Waals surface area contributed by atoms with Gasteiger partial charge in [-0.05, 0) is 42.8 Å². The van der Waals surface area contributed by atoms with Crippen LogP contribution in [0.2, 0.25) is 0 Å². The largest absolute Gasteiger partial charge is 0.377 e. The van der Waals surface area contributed by atoms with Gasteiger partial charge in [0.2, 0.25) is 0 Å². The van der Waals surface area contributed by atoms with Gasteiger partial charge in [-0.15, -0.1) is 0 Å². The minimum absolute atomic E-state index is 0.0612. The Balaban J connectivity index is 1.43. The number of ether oxygens (including phenoxy) is 1. The minimum atomic E-state index is 0.0612. The molecule has 0 aliphatic carbocycles. The van der Waals surface area contributed by atoms with E-state index in [1.165, 1.54) is 0 Å². The molecule has 6 heteroatoms. The van der Waals surface area contributed by atoms with Crippen LogP contribution in [0.5, 0.6) is 0 Å². The molecule has 2 aromatic heterocycles. The molecule has 1 N–H and O–H groups in total. The third-order valence-corrected chi connectivity index (χ3v) is 6.10. The fourth-order valence-electron chi connectivity index (χ4n) is 4.06. The van der Waals surface area contributed by atoms with Crippen molar-refractivity contribution < 1.29 is 9.53 Å². The van der Waals surface area contributed by atoms with E-state index in [1.54, 1.807) is 17.5 Å². The van der Waals surface area contributed by atoms with Gasteiger partial charge in [0.05, 0.1) is 11.7 Å². The molecule has 4 heterocycles. The first kappa shape index (κ1) is 16.5. The van der Waals surface area contributed by atoms with E-state index in [2.05, 4.69) is 10.3 Å². The molecular formula is C19H23N3O2S. The molecule has 0 spiro atoms. The Hall–Kier alpha value is -1.92. The third-order valence-electron chi connectivity index (χ3n) is 5.42. The lowest BCUT2D eigenvalue weighted by Gasteiger charge is -2.44. The molecule has 2 fully saturated rings. The van der Waals surface area contributed by atoms with Crippen molar-refractivity contribution >= 4 is 23.1 Å². The molecule has 2 aliphatic rings. The fraction of sp³-hybridized carbons (Fsp3) is 0.474. The van der Waals surface area contributed by atoms with Gasteiger partial charge in [-0.3, -0.25) is 4.79 Å². The molecule has 2 aromatic rings. The molecular weight excluding hydrogens is 334 g/mol. The number of hydrogen-bond donors (Lipinski definition) is 1. The summed E-state index contributed by atoms with van der Waals surface area (Å²) in [6.45, 7) is 3.22. The van der Waals surface area contributed by atoms with E-state index >= 15 is 0 Å². The second kappa shape index (κ2) is 7.14. The molecule has 0 aromatic carbocycles. The summed E-state index contributed by atoms with van der Waals surface area (Å²) in [5, 5.41) is 7.31. The zero-order valence-electron chi connectivity index (χ0n) is 14.2. The van der Waals surface area contributed by atoms with Gasteiger partial charge in [0.25, 0.3) is 5.91 Å². The summed E-state index contributed by atoms with van der Waals surface area (Å²) in [5.74, 6) is 1.06. The molecule has 4 rings (SSSR count). The molecule has 0 unspecified atom stereocenters. The second-order valence-corrected chi connectivity index (χ2v) is 7.67. The van der Waals surface area contributed by atoms with Crippen molar-refractivity contribution in [1.29, 1.82) is 0 Å². The maximum atomic E-state index is 12.8. The molecule has 2 saturated heterocycles. The monoisotopic (exact) mass is 357 g/mol. The molecule has 1 amide bonds. The summed E-state index contributed by atoms with van der Waals surface area (Å²) in [4.78, 5) is 19.1. The zero-order chi connectivity index (χ0) is 17.1. The first-order valence-electron chi connectivity index (χ1n) is 8.85. The SMILES string of the molecule is O=C(c1ccsc1)N1CC[C@H]2OCC[C@@]2(CCNc2ccccn2)C1. The molecule has 5 nitrogen and oxygen atoms in total. The predicted octanol–water partition coefficient (Wildman–Crippen LogP) is 3.27. The van der Waals surface area contributed by atoms with Crippen LogP contribution in [0.3, 0.4) is 0 Å². The van der Waals surface area contributed by atoms with Crippen LogP contribution in [0, 0.1) is 5.41 Å². The molecule has 132 valence electrons. The first-order valence-corrected chi connectivity index (χ1v) is 9.79. The summed E-state index contributed by atoms with van der Waals surface area (Å²) < 4.78 is 6.00. The highest BCUT2D eigenvalue weighted by Gasteiger charge is 2.48. The second-order valence-electron chi connectivity index (χ2n) is 6.89. The summed E-state index contributed by atoms with van der Waals surface area (Å²) in [6.07, 6.45) is 5.00. The molecule has 0 bridgehead atoms. The molecule has 25 heavy (non-hydrogen) atoms. The predicted molar refractivity (Wildman–Crippen MR) is 99.0 cm³/mol. The lowest BCUT2D eigenvalue weighted by atomic mass is 9.74. The van der Waals surface area contributed by atoms with E-state index in [0.717, 1.165) is 56.9 Å². The lowest BCUT2D eigenvalue weighted by molar-refractivity contribution is -0.0150. The van der Waals surface area contributed by atoms with E-state index in [1.807, 2.05) is 39.9 Å². The smallest absolute Gasteiger partial charge is 0.254 e. The number of piperidine rings is 1. The Morgan fingerprint density at radius 3 is 3.20 bits per heavy atom. The van der Waals surface area contributed by atoms with Crippen LogP contribution >= 0.6 is 11.3 Å². The van der Waals surface area contributed by atoms with Crippen LogP contribution in [0.25, 0.3) is 0 Å². The highest BCUT2D eigenvalue weighted by atomic mass is 32.1. The number of fused-ring (bicyclic) bond motifs is 1. The number of hydrogen-bond acceptors (Lipinski definition) is 5. The minimum Gasteiger partial charge on any atom is -0.377 e. The van der Waals surface area contributed by atoms with E-state index in [4.69, 9.17) is 4.74 Å². The normalized spacial score (nSPS) is 25.6. The maximum Gasteiger partial charge on any atom is 0.254 e. The van der Waals surface area contributed by atoms with Crippen LogP contribution < -0.4 is 5.32 Å². The van der Waals surface area contributed by atoms with Crippen molar-refractivity contribution in [1.82, 2.24) is 9.88 Å². The number of anilines is 1. The summed E-state index contributed by atoms with van der Waals surface area (Å²) >= 11 is 1.57. The number of likely N-dealkylation sites (tertiary alicyclic amines) is 1. The Morgan fingerprint density at radius 2 is 2.40 bits per heavy atom. The average molecular weight is 357 g/mol.